The number of hydrogen-bond donors (Lipinski definition) is 9. The van der Waals surface area contributed by atoms with E-state index >= 15 is 0 Å². The average molecular weight is 629 g/mol. The number of unbranched alkanes of at least 4 members (excludes halogenated alkanes) is 2. The molecule has 15 heteroatoms. The standard InChI is InChI=1S/C29H56N8O7/c1-6-18(4)24(37-26(40)20(32)15-17(2)3)28(42)34-19(5)25(39)36-21(11-7-9-13-30)27(41)33-16-23(38)35-22(29(43)44)12-8-10-14-31/h17-22,24H,6-16,30-32H2,1-5H3,(H,33,41)(H,34,42)(H,35,38)(H,36,39)(H,37,40)(H,43,44)/t18-,19-,20-,21-,22-,24-/m0/s1. The van der Waals surface area contributed by atoms with Gasteiger partial charge in [-0.2, -0.15) is 0 Å². The van der Waals surface area contributed by atoms with Gasteiger partial charge in [-0.05, 0) is 76.8 Å². The van der Waals surface area contributed by atoms with E-state index in [0.29, 0.717) is 51.6 Å². The predicted octanol–water partition coefficient (Wildman–Crippen LogP) is -1.18. The number of hydrogen-bond acceptors (Lipinski definition) is 9. The Labute approximate surface area is 260 Å². The van der Waals surface area contributed by atoms with E-state index in [-0.39, 0.29) is 24.7 Å². The summed E-state index contributed by atoms with van der Waals surface area (Å²) in [6, 6.07) is -4.93. The number of amides is 5. The van der Waals surface area contributed by atoms with Crippen LogP contribution in [-0.2, 0) is 28.8 Å². The number of carboxylic acid groups (broad SMARTS) is 1. The molecule has 254 valence electrons. The first kappa shape index (κ1) is 40.7. The zero-order valence-electron chi connectivity index (χ0n) is 26.9. The lowest BCUT2D eigenvalue weighted by molar-refractivity contribution is -0.142. The molecule has 0 spiro atoms. The van der Waals surface area contributed by atoms with Crippen molar-refractivity contribution in [3.05, 3.63) is 0 Å². The molecule has 6 atom stereocenters. The Morgan fingerprint density at radius 2 is 1.27 bits per heavy atom. The Bertz CT molecular complexity index is 933. The van der Waals surface area contributed by atoms with Gasteiger partial charge in [-0.1, -0.05) is 34.1 Å². The highest BCUT2D eigenvalue weighted by molar-refractivity contribution is 5.95. The van der Waals surface area contributed by atoms with Crippen LogP contribution in [0.1, 0.15) is 86.0 Å². The van der Waals surface area contributed by atoms with Gasteiger partial charge < -0.3 is 48.9 Å². The van der Waals surface area contributed by atoms with Crippen LogP contribution in [-0.4, -0.2) is 90.5 Å². The molecule has 0 rings (SSSR count). The number of carboxylic acids is 1. The lowest BCUT2D eigenvalue weighted by Crippen LogP contribution is -2.58. The predicted molar refractivity (Wildman–Crippen MR) is 167 cm³/mol. The SMILES string of the molecule is CC[C@H](C)[C@H](NC(=O)[C@@H](N)CC(C)C)C(=O)N[C@@H](C)C(=O)N[C@@H](CCCCN)C(=O)NCC(=O)N[C@@H](CCCCN)C(=O)O. The molecule has 12 N–H and O–H groups in total. The quantitative estimate of drug-likeness (QED) is 0.0612. The van der Waals surface area contributed by atoms with Crippen LogP contribution in [0.4, 0.5) is 0 Å². The maximum absolute atomic E-state index is 13.1. The molecule has 0 aromatic heterocycles. The van der Waals surface area contributed by atoms with E-state index in [1.165, 1.54) is 6.92 Å². The second-order valence-corrected chi connectivity index (χ2v) is 11.6. The maximum Gasteiger partial charge on any atom is 0.326 e. The number of carbonyl (C=O) groups excluding carboxylic acids is 5. The molecule has 0 radical (unpaired) electrons. The third-order valence-corrected chi connectivity index (χ3v) is 7.19. The summed E-state index contributed by atoms with van der Waals surface area (Å²) in [5.41, 5.74) is 17.0. The minimum absolute atomic E-state index is 0.188. The number of nitrogens with one attached hydrogen (secondary N) is 5. The normalized spacial score (nSPS) is 15.2. The van der Waals surface area contributed by atoms with Gasteiger partial charge in [0.15, 0.2) is 0 Å². The van der Waals surface area contributed by atoms with E-state index in [4.69, 9.17) is 17.2 Å². The second-order valence-electron chi connectivity index (χ2n) is 11.6. The smallest absolute Gasteiger partial charge is 0.326 e. The molecule has 0 aliphatic carbocycles. The van der Waals surface area contributed by atoms with E-state index in [2.05, 4.69) is 26.6 Å². The van der Waals surface area contributed by atoms with Crippen LogP contribution < -0.4 is 43.8 Å². The van der Waals surface area contributed by atoms with Crippen molar-refractivity contribution in [1.29, 1.82) is 0 Å². The molecular formula is C29H56N8O7. The van der Waals surface area contributed by atoms with Gasteiger partial charge in [-0.3, -0.25) is 24.0 Å². The van der Waals surface area contributed by atoms with Crippen molar-refractivity contribution < 1.29 is 33.9 Å². The van der Waals surface area contributed by atoms with Crippen LogP contribution in [0.5, 0.6) is 0 Å². The van der Waals surface area contributed by atoms with Crippen molar-refractivity contribution in [2.45, 2.75) is 116 Å². The molecule has 15 nitrogen and oxygen atoms in total. The van der Waals surface area contributed by atoms with Crippen molar-refractivity contribution in [3.63, 3.8) is 0 Å². The summed E-state index contributed by atoms with van der Waals surface area (Å²) in [5.74, 6) is -4.27. The van der Waals surface area contributed by atoms with Crippen LogP contribution in [0, 0.1) is 11.8 Å². The Morgan fingerprint density at radius 3 is 1.77 bits per heavy atom. The molecule has 0 aromatic carbocycles. The number of nitrogens with two attached hydrogens (primary N) is 3. The van der Waals surface area contributed by atoms with Gasteiger partial charge in [0.25, 0.3) is 0 Å². The number of carbonyl (C=O) groups is 6. The average Bonchev–Trinajstić information content (AvgIpc) is 2.96. The monoisotopic (exact) mass is 628 g/mol. The van der Waals surface area contributed by atoms with Gasteiger partial charge in [0.05, 0.1) is 12.6 Å². The molecule has 0 aromatic rings. The molecular weight excluding hydrogens is 572 g/mol. The van der Waals surface area contributed by atoms with Crippen LogP contribution >= 0.6 is 0 Å². The van der Waals surface area contributed by atoms with Crippen LogP contribution in [0.15, 0.2) is 0 Å². The summed E-state index contributed by atoms with van der Waals surface area (Å²) >= 11 is 0. The van der Waals surface area contributed by atoms with E-state index in [1.807, 2.05) is 20.8 Å². The van der Waals surface area contributed by atoms with E-state index in [1.54, 1.807) is 6.92 Å². The van der Waals surface area contributed by atoms with Crippen molar-refractivity contribution in [2.75, 3.05) is 19.6 Å². The largest absolute Gasteiger partial charge is 0.480 e. The van der Waals surface area contributed by atoms with Gasteiger partial charge in [-0.15, -0.1) is 0 Å². The Kier molecular flexibility index (Phi) is 20.6. The summed E-state index contributed by atoms with van der Waals surface area (Å²) in [6.07, 6.45) is 3.65. The minimum atomic E-state index is -1.20. The highest BCUT2D eigenvalue weighted by Gasteiger charge is 2.31. The van der Waals surface area contributed by atoms with Crippen molar-refractivity contribution in [2.24, 2.45) is 29.0 Å². The fraction of sp³-hybridized carbons (Fsp3) is 0.793. The molecule has 0 bridgehead atoms. The third-order valence-electron chi connectivity index (χ3n) is 7.19. The molecule has 44 heavy (non-hydrogen) atoms. The summed E-state index contributed by atoms with van der Waals surface area (Å²) in [7, 11) is 0. The Balaban J connectivity index is 5.34. The molecule has 0 aliphatic heterocycles. The van der Waals surface area contributed by atoms with Crippen LogP contribution in [0.25, 0.3) is 0 Å². The van der Waals surface area contributed by atoms with Gasteiger partial charge >= 0.3 is 5.97 Å². The lowest BCUT2D eigenvalue weighted by Gasteiger charge is -2.27. The molecule has 0 fully saturated rings. The highest BCUT2D eigenvalue weighted by Crippen LogP contribution is 2.11. The zero-order chi connectivity index (χ0) is 33.8. The van der Waals surface area contributed by atoms with Gasteiger partial charge in [-0.25, -0.2) is 4.79 Å². The summed E-state index contributed by atoms with van der Waals surface area (Å²) in [4.78, 5) is 75.5. The Hall–Kier alpha value is -3.30. The maximum atomic E-state index is 13.1. The number of rotatable bonds is 23. The topological polar surface area (TPSA) is 261 Å². The van der Waals surface area contributed by atoms with E-state index in [0.717, 1.165) is 0 Å². The van der Waals surface area contributed by atoms with Gasteiger partial charge in [0.2, 0.25) is 29.5 Å². The van der Waals surface area contributed by atoms with E-state index < -0.39 is 72.3 Å². The first-order valence-corrected chi connectivity index (χ1v) is 15.5. The lowest BCUT2D eigenvalue weighted by atomic mass is 9.96. The van der Waals surface area contributed by atoms with E-state index in [9.17, 15) is 33.9 Å². The molecule has 0 aliphatic rings. The Morgan fingerprint density at radius 1 is 0.705 bits per heavy atom. The van der Waals surface area contributed by atoms with Gasteiger partial charge in [0.1, 0.15) is 24.2 Å². The fourth-order valence-electron chi connectivity index (χ4n) is 4.29. The first-order chi connectivity index (χ1) is 20.7. The summed E-state index contributed by atoms with van der Waals surface area (Å²) in [6.45, 7) is 9.28. The van der Waals surface area contributed by atoms with Crippen LogP contribution in [0.3, 0.4) is 0 Å². The second kappa shape index (κ2) is 22.2. The minimum Gasteiger partial charge on any atom is -0.480 e. The summed E-state index contributed by atoms with van der Waals surface area (Å²) < 4.78 is 0. The molecule has 5 amide bonds. The van der Waals surface area contributed by atoms with Crippen molar-refractivity contribution >= 4 is 35.5 Å². The molecule has 0 unspecified atom stereocenters. The van der Waals surface area contributed by atoms with Gasteiger partial charge in [0, 0.05) is 0 Å². The fourth-order valence-corrected chi connectivity index (χ4v) is 4.29. The molecule has 0 saturated carbocycles. The first-order valence-electron chi connectivity index (χ1n) is 15.5. The zero-order valence-corrected chi connectivity index (χ0v) is 26.9. The number of aliphatic carboxylic acids is 1. The molecule has 0 saturated heterocycles. The van der Waals surface area contributed by atoms with Crippen LogP contribution in [0.2, 0.25) is 0 Å². The molecule has 0 heterocycles. The summed E-state index contributed by atoms with van der Waals surface area (Å²) in [5, 5.41) is 22.1. The van der Waals surface area contributed by atoms with Crippen molar-refractivity contribution in [1.82, 2.24) is 26.6 Å². The van der Waals surface area contributed by atoms with Crippen molar-refractivity contribution in [3.8, 4) is 0 Å². The third kappa shape index (κ3) is 16.5. The highest BCUT2D eigenvalue weighted by atomic mass is 16.4.